The minimum Gasteiger partial charge on any atom is -0.399 e. The average Bonchev–Trinajstić information content (AvgIpc) is 2.41. The number of anilines is 1. The number of halogens is 7. The van der Waals surface area contributed by atoms with Gasteiger partial charge in [-0.3, -0.25) is 0 Å². The van der Waals surface area contributed by atoms with Crippen LogP contribution in [0.3, 0.4) is 0 Å². The van der Waals surface area contributed by atoms with Gasteiger partial charge in [0, 0.05) is 28.5 Å². The lowest BCUT2D eigenvalue weighted by atomic mass is 10.3. The molecule has 11 heteroatoms. The summed E-state index contributed by atoms with van der Waals surface area (Å²) in [7, 11) is 0.532. The molecule has 2 rings (SSSR count). The zero-order chi connectivity index (χ0) is 17.9. The molecule has 0 radical (unpaired) electrons. The largest absolute Gasteiger partial charge is 0.399 e. The highest BCUT2D eigenvalue weighted by Gasteiger charge is 2.17. The molecule has 0 saturated carbocycles. The van der Waals surface area contributed by atoms with Crippen LogP contribution in [-0.2, 0) is 9.05 Å². The van der Waals surface area contributed by atoms with Crippen molar-refractivity contribution >= 4 is 25.4 Å². The highest BCUT2D eigenvalue weighted by Crippen LogP contribution is 2.20. The monoisotopic (exact) mass is 377 g/mol. The molecule has 0 fully saturated rings. The fraction of sp³-hybridized carbons (Fsp3) is 0. The summed E-state index contributed by atoms with van der Waals surface area (Å²) in [5.74, 6) is -8.95. The minimum atomic E-state index is -4.24. The summed E-state index contributed by atoms with van der Waals surface area (Å²) < 4.78 is 94.7. The van der Waals surface area contributed by atoms with Crippen LogP contribution in [0, 0.1) is 34.9 Å². The Bertz CT molecular complexity index is 797. The van der Waals surface area contributed by atoms with Crippen molar-refractivity contribution in [2.45, 2.75) is 4.90 Å². The Labute approximate surface area is 130 Å². The highest BCUT2D eigenvalue weighted by atomic mass is 35.7. The molecule has 3 nitrogen and oxygen atoms in total. The molecule has 0 heterocycles. The first kappa shape index (κ1) is 19.1. The lowest BCUT2D eigenvalue weighted by molar-refractivity contribution is 0.442. The van der Waals surface area contributed by atoms with Gasteiger partial charge < -0.3 is 5.73 Å². The first-order valence-electron chi connectivity index (χ1n) is 5.42. The Hall–Kier alpha value is -1.94. The third-order valence-electron chi connectivity index (χ3n) is 2.25. The lowest BCUT2D eigenvalue weighted by Gasteiger charge is -1.98. The van der Waals surface area contributed by atoms with E-state index in [1.807, 2.05) is 0 Å². The number of hydrogen-bond acceptors (Lipinski definition) is 3. The van der Waals surface area contributed by atoms with Gasteiger partial charge in [-0.05, 0) is 12.1 Å². The average molecular weight is 378 g/mol. The Balaban J connectivity index is 0.000000238. The summed E-state index contributed by atoms with van der Waals surface area (Å²) >= 11 is 0. The SMILES string of the molecule is Nc1cc(F)c(F)c(F)c1.O=S(=O)(Cl)c1cc(F)c(F)c(F)c1. The predicted octanol–water partition coefficient (Wildman–Crippen LogP) is 3.72. The molecule has 0 amide bonds. The molecule has 0 atom stereocenters. The van der Waals surface area contributed by atoms with E-state index in [0.29, 0.717) is 12.1 Å². The van der Waals surface area contributed by atoms with Gasteiger partial charge in [0.05, 0.1) is 4.90 Å². The number of hydrogen-bond donors (Lipinski definition) is 1. The third-order valence-corrected chi connectivity index (χ3v) is 3.58. The predicted molar refractivity (Wildman–Crippen MR) is 70.1 cm³/mol. The smallest absolute Gasteiger partial charge is 0.261 e. The molecule has 126 valence electrons. The topological polar surface area (TPSA) is 60.2 Å². The van der Waals surface area contributed by atoms with E-state index in [-0.39, 0.29) is 5.69 Å². The quantitative estimate of drug-likeness (QED) is 0.357. The second-order valence-corrected chi connectivity index (χ2v) is 6.50. The summed E-state index contributed by atoms with van der Waals surface area (Å²) in [5, 5.41) is 0. The van der Waals surface area contributed by atoms with Gasteiger partial charge in [0.25, 0.3) is 9.05 Å². The van der Waals surface area contributed by atoms with Crippen LogP contribution in [0.15, 0.2) is 29.2 Å². The molecule has 2 aromatic rings. The van der Waals surface area contributed by atoms with E-state index in [0.717, 1.165) is 12.1 Å². The second kappa shape index (κ2) is 7.09. The van der Waals surface area contributed by atoms with E-state index in [9.17, 15) is 34.8 Å². The summed E-state index contributed by atoms with van der Waals surface area (Å²) in [6.07, 6.45) is 0. The molecule has 0 spiro atoms. The van der Waals surface area contributed by atoms with Crippen molar-refractivity contribution in [1.29, 1.82) is 0 Å². The van der Waals surface area contributed by atoms with Crippen LogP contribution in [0.2, 0.25) is 0 Å². The van der Waals surface area contributed by atoms with E-state index >= 15 is 0 Å². The van der Waals surface area contributed by atoms with E-state index in [1.165, 1.54) is 0 Å². The number of benzene rings is 2. The van der Waals surface area contributed by atoms with Crippen LogP contribution in [0.25, 0.3) is 0 Å². The summed E-state index contributed by atoms with van der Waals surface area (Å²) in [6, 6.07) is 2.05. The molecule has 0 aliphatic carbocycles. The van der Waals surface area contributed by atoms with Crippen molar-refractivity contribution in [3.8, 4) is 0 Å². The van der Waals surface area contributed by atoms with Gasteiger partial charge >= 0.3 is 0 Å². The van der Waals surface area contributed by atoms with Gasteiger partial charge in [-0.25, -0.2) is 34.8 Å². The first-order valence-corrected chi connectivity index (χ1v) is 7.73. The summed E-state index contributed by atoms with van der Waals surface area (Å²) in [5.41, 5.74) is 4.85. The Morgan fingerprint density at radius 3 is 1.35 bits per heavy atom. The van der Waals surface area contributed by atoms with Crippen LogP contribution in [-0.4, -0.2) is 8.42 Å². The van der Waals surface area contributed by atoms with Crippen molar-refractivity contribution in [3.63, 3.8) is 0 Å². The van der Waals surface area contributed by atoms with Crippen molar-refractivity contribution in [2.24, 2.45) is 0 Å². The molecule has 0 aliphatic heterocycles. The fourth-order valence-corrected chi connectivity index (χ4v) is 2.00. The summed E-state index contributed by atoms with van der Waals surface area (Å²) in [6.45, 7) is 0. The molecule has 2 aromatic carbocycles. The zero-order valence-corrected chi connectivity index (χ0v) is 12.3. The Morgan fingerprint density at radius 1 is 0.739 bits per heavy atom. The lowest BCUT2D eigenvalue weighted by Crippen LogP contribution is -1.97. The molecule has 0 unspecified atom stereocenters. The third kappa shape index (κ3) is 5.03. The number of nitrogen functional groups attached to an aromatic ring is 1. The van der Waals surface area contributed by atoms with Gasteiger partial charge in [0.1, 0.15) is 0 Å². The normalized spacial score (nSPS) is 10.9. The van der Waals surface area contributed by atoms with Crippen LogP contribution in [0.5, 0.6) is 0 Å². The van der Waals surface area contributed by atoms with E-state index < -0.39 is 48.8 Å². The van der Waals surface area contributed by atoms with Gasteiger partial charge in [-0.1, -0.05) is 0 Å². The maximum Gasteiger partial charge on any atom is 0.261 e. The molecular formula is C12H6ClF6NO2S. The fourth-order valence-electron chi connectivity index (χ4n) is 1.25. The second-order valence-electron chi connectivity index (χ2n) is 3.94. The standard InChI is InChI=1S/C6H2ClF3O2S.C6H4F3N/c7-13(11,12)3-1-4(8)6(10)5(9)2-3;7-4-1-3(10)2-5(8)6(4)9/h1-2H;1-2H,10H2. The van der Waals surface area contributed by atoms with Gasteiger partial charge in [0.2, 0.25) is 0 Å². The Morgan fingerprint density at radius 2 is 1.04 bits per heavy atom. The van der Waals surface area contributed by atoms with Crippen LogP contribution >= 0.6 is 10.7 Å². The van der Waals surface area contributed by atoms with Crippen LogP contribution in [0.1, 0.15) is 0 Å². The Kier molecular flexibility index (Phi) is 5.89. The van der Waals surface area contributed by atoms with Gasteiger partial charge in [-0.2, -0.15) is 0 Å². The molecular weight excluding hydrogens is 372 g/mol. The van der Waals surface area contributed by atoms with E-state index in [4.69, 9.17) is 16.4 Å². The van der Waals surface area contributed by atoms with E-state index in [2.05, 4.69) is 0 Å². The number of rotatable bonds is 1. The minimum absolute atomic E-state index is 0.128. The highest BCUT2D eigenvalue weighted by molar-refractivity contribution is 8.13. The maximum atomic E-state index is 12.4. The van der Waals surface area contributed by atoms with Gasteiger partial charge in [0.15, 0.2) is 34.9 Å². The number of nitrogens with two attached hydrogens (primary N) is 1. The molecule has 0 saturated heterocycles. The van der Waals surface area contributed by atoms with Crippen molar-refractivity contribution < 1.29 is 34.8 Å². The van der Waals surface area contributed by atoms with Crippen molar-refractivity contribution in [2.75, 3.05) is 5.73 Å². The zero-order valence-electron chi connectivity index (χ0n) is 10.8. The van der Waals surface area contributed by atoms with Crippen LogP contribution < -0.4 is 5.73 Å². The van der Waals surface area contributed by atoms with Crippen molar-refractivity contribution in [1.82, 2.24) is 0 Å². The van der Waals surface area contributed by atoms with Crippen LogP contribution in [0.4, 0.5) is 32.0 Å². The maximum absolute atomic E-state index is 12.4. The molecule has 23 heavy (non-hydrogen) atoms. The molecule has 0 bridgehead atoms. The molecule has 2 N–H and O–H groups in total. The summed E-state index contributed by atoms with van der Waals surface area (Å²) in [4.78, 5) is -0.814. The van der Waals surface area contributed by atoms with E-state index in [1.54, 1.807) is 0 Å². The molecule has 0 aromatic heterocycles. The van der Waals surface area contributed by atoms with Crippen molar-refractivity contribution in [3.05, 3.63) is 59.2 Å². The molecule has 0 aliphatic rings. The first-order chi connectivity index (χ1) is 10.4. The van der Waals surface area contributed by atoms with Gasteiger partial charge in [-0.15, -0.1) is 0 Å².